The smallest absolute Gasteiger partial charge is 0.191 e. The molecule has 0 radical (unpaired) electrons. The van der Waals surface area contributed by atoms with Crippen LogP contribution in [0, 0.1) is 5.82 Å². The number of nitrogens with one attached hydrogen (secondary N) is 2. The molecule has 1 heterocycles. The van der Waals surface area contributed by atoms with Crippen molar-refractivity contribution >= 4 is 29.9 Å². The Morgan fingerprint density at radius 2 is 2.04 bits per heavy atom. The van der Waals surface area contributed by atoms with Gasteiger partial charge in [-0.2, -0.15) is 0 Å². The van der Waals surface area contributed by atoms with Crippen LogP contribution in [0.5, 0.6) is 5.75 Å². The van der Waals surface area contributed by atoms with Crippen molar-refractivity contribution in [1.29, 1.82) is 0 Å². The second kappa shape index (κ2) is 13.1. The minimum absolute atomic E-state index is 0. The number of rotatable bonds is 9. The summed E-state index contributed by atoms with van der Waals surface area (Å²) in [4.78, 5) is 4.59. The molecule has 0 aliphatic carbocycles. The number of fused-ring (bicyclic) bond motifs is 1. The molecule has 0 amide bonds. The minimum Gasteiger partial charge on any atom is -0.467 e. The van der Waals surface area contributed by atoms with Crippen LogP contribution in [0.3, 0.4) is 0 Å². The number of aliphatic imine (C=N–C) groups is 1. The Kier molecular flexibility index (Phi) is 11.6. The number of nitrogens with zero attached hydrogens (tertiary/aromatic N) is 1. The highest BCUT2D eigenvalue weighted by Crippen LogP contribution is 2.29. The van der Waals surface area contributed by atoms with Crippen molar-refractivity contribution in [3.63, 3.8) is 0 Å². The van der Waals surface area contributed by atoms with Gasteiger partial charge in [-0.3, -0.25) is 4.99 Å². The second-order valence-corrected chi connectivity index (χ2v) is 6.16. The van der Waals surface area contributed by atoms with E-state index in [2.05, 4.69) is 22.5 Å². The number of halogens is 2. The Labute approximate surface area is 173 Å². The van der Waals surface area contributed by atoms with E-state index in [1.54, 1.807) is 6.07 Å². The van der Waals surface area contributed by atoms with Crippen LogP contribution in [0.15, 0.2) is 17.1 Å². The summed E-state index contributed by atoms with van der Waals surface area (Å²) in [6.07, 6.45) is 5.48. The van der Waals surface area contributed by atoms with Crippen LogP contribution in [0.1, 0.15) is 50.7 Å². The molecule has 0 spiro atoms. The number of hydrogen-bond donors (Lipinski definition) is 2. The summed E-state index contributed by atoms with van der Waals surface area (Å²) >= 11 is 0. The highest BCUT2D eigenvalue weighted by atomic mass is 127. The molecule has 2 N–H and O–H groups in total. The van der Waals surface area contributed by atoms with E-state index in [-0.39, 0.29) is 36.6 Å². The van der Waals surface area contributed by atoms with Gasteiger partial charge in [0.1, 0.15) is 11.6 Å². The molecule has 1 aromatic carbocycles. The molecule has 1 aliphatic heterocycles. The molecule has 7 heteroatoms. The minimum atomic E-state index is -0.251. The average Bonchev–Trinajstić information content (AvgIpc) is 2.61. The first-order valence-electron chi connectivity index (χ1n) is 9.28. The first kappa shape index (κ1) is 23.0. The van der Waals surface area contributed by atoms with Crippen molar-refractivity contribution in [2.45, 2.75) is 52.6 Å². The van der Waals surface area contributed by atoms with Gasteiger partial charge in [0, 0.05) is 25.2 Å². The molecule has 1 aliphatic rings. The molecule has 0 saturated carbocycles. The maximum atomic E-state index is 13.8. The van der Waals surface area contributed by atoms with Gasteiger partial charge in [-0.15, -0.1) is 24.0 Å². The monoisotopic (exact) mass is 479 g/mol. The lowest BCUT2D eigenvalue weighted by atomic mass is 10.1. The van der Waals surface area contributed by atoms with Crippen LogP contribution in [-0.4, -0.2) is 32.4 Å². The van der Waals surface area contributed by atoms with Crippen LogP contribution in [-0.2, 0) is 17.8 Å². The van der Waals surface area contributed by atoms with E-state index >= 15 is 0 Å². The molecule has 2 rings (SSSR count). The lowest BCUT2D eigenvalue weighted by Crippen LogP contribution is -2.38. The Hall–Kier alpha value is -1.09. The van der Waals surface area contributed by atoms with Gasteiger partial charge in [0.25, 0.3) is 0 Å². The van der Waals surface area contributed by atoms with Crippen molar-refractivity contribution in [2.24, 2.45) is 4.99 Å². The van der Waals surface area contributed by atoms with Crippen LogP contribution >= 0.6 is 24.0 Å². The predicted octanol–water partition coefficient (Wildman–Crippen LogP) is 3.99. The predicted molar refractivity (Wildman–Crippen MR) is 114 cm³/mol. The fourth-order valence-corrected chi connectivity index (χ4v) is 2.83. The third kappa shape index (κ3) is 7.65. The molecule has 0 bridgehead atoms. The van der Waals surface area contributed by atoms with Gasteiger partial charge >= 0.3 is 0 Å². The lowest BCUT2D eigenvalue weighted by molar-refractivity contribution is -0.0172. The van der Waals surface area contributed by atoms with Crippen molar-refractivity contribution in [2.75, 3.05) is 26.4 Å². The molecular formula is C19H31FIN3O2. The fraction of sp³-hybridized carbons (Fsp3) is 0.632. The summed E-state index contributed by atoms with van der Waals surface area (Å²) in [5.41, 5.74) is 1.64. The van der Waals surface area contributed by atoms with Gasteiger partial charge in [0.05, 0.1) is 6.61 Å². The van der Waals surface area contributed by atoms with E-state index in [0.717, 1.165) is 42.3 Å². The molecule has 26 heavy (non-hydrogen) atoms. The van der Waals surface area contributed by atoms with Gasteiger partial charge in [-0.1, -0.05) is 26.2 Å². The Balaban J connectivity index is 0.00000338. The quantitative estimate of drug-likeness (QED) is 0.244. The molecule has 1 aromatic rings. The number of hydrogen-bond acceptors (Lipinski definition) is 3. The fourth-order valence-electron chi connectivity index (χ4n) is 2.83. The van der Waals surface area contributed by atoms with E-state index in [4.69, 9.17) is 9.47 Å². The number of benzene rings is 1. The summed E-state index contributed by atoms with van der Waals surface area (Å²) < 4.78 is 24.5. The van der Waals surface area contributed by atoms with E-state index in [9.17, 15) is 4.39 Å². The van der Waals surface area contributed by atoms with Crippen LogP contribution in [0.4, 0.5) is 4.39 Å². The highest BCUT2D eigenvalue weighted by molar-refractivity contribution is 14.0. The van der Waals surface area contributed by atoms with Gasteiger partial charge in [-0.25, -0.2) is 4.39 Å². The average molecular weight is 479 g/mol. The van der Waals surface area contributed by atoms with Gasteiger partial charge in [0.15, 0.2) is 12.8 Å². The Morgan fingerprint density at radius 1 is 1.19 bits per heavy atom. The van der Waals surface area contributed by atoms with E-state index in [1.165, 1.54) is 25.3 Å². The topological polar surface area (TPSA) is 54.9 Å². The summed E-state index contributed by atoms with van der Waals surface area (Å²) in [7, 11) is 0. The summed E-state index contributed by atoms with van der Waals surface area (Å²) in [6, 6.07) is 3.02. The van der Waals surface area contributed by atoms with E-state index in [1.807, 2.05) is 6.92 Å². The van der Waals surface area contributed by atoms with Gasteiger partial charge < -0.3 is 20.1 Å². The third-order valence-corrected chi connectivity index (χ3v) is 4.06. The van der Waals surface area contributed by atoms with Crippen LogP contribution < -0.4 is 15.4 Å². The van der Waals surface area contributed by atoms with Crippen molar-refractivity contribution in [3.8, 4) is 5.75 Å². The summed E-state index contributed by atoms with van der Waals surface area (Å²) in [5.74, 6) is 1.32. The third-order valence-electron chi connectivity index (χ3n) is 4.06. The number of unbranched alkanes of at least 4 members (excludes halogenated alkanes) is 3. The first-order valence-corrected chi connectivity index (χ1v) is 9.28. The SMILES string of the molecule is CCCCCCN=C(NCC)NCCc1cc(F)cc2c1OCOC2.I. The summed E-state index contributed by atoms with van der Waals surface area (Å²) in [5, 5.41) is 6.56. The zero-order valence-corrected chi connectivity index (χ0v) is 18.1. The molecule has 148 valence electrons. The van der Waals surface area contributed by atoms with Crippen molar-refractivity contribution in [1.82, 2.24) is 10.6 Å². The Bertz CT molecular complexity index is 570. The lowest BCUT2D eigenvalue weighted by Gasteiger charge is -2.21. The standard InChI is InChI=1S/C19H30FN3O2.HI/c1-3-5-6-7-9-22-19(21-4-2)23-10-8-15-11-17(20)12-16-13-24-14-25-18(15)16;/h11-12H,3-10,13-14H2,1-2H3,(H2,21,22,23);1H. The van der Waals surface area contributed by atoms with Crippen LogP contribution in [0.2, 0.25) is 0 Å². The highest BCUT2D eigenvalue weighted by Gasteiger charge is 2.16. The molecule has 0 unspecified atom stereocenters. The maximum absolute atomic E-state index is 13.8. The zero-order valence-electron chi connectivity index (χ0n) is 15.8. The zero-order chi connectivity index (χ0) is 17.9. The van der Waals surface area contributed by atoms with E-state index in [0.29, 0.717) is 19.6 Å². The van der Waals surface area contributed by atoms with Crippen molar-refractivity contribution in [3.05, 3.63) is 29.1 Å². The van der Waals surface area contributed by atoms with Gasteiger partial charge in [-0.05, 0) is 37.5 Å². The second-order valence-electron chi connectivity index (χ2n) is 6.16. The maximum Gasteiger partial charge on any atom is 0.191 e. The molecule has 0 aromatic heterocycles. The summed E-state index contributed by atoms with van der Waals surface area (Å²) in [6.45, 7) is 7.18. The number of ether oxygens (including phenoxy) is 2. The van der Waals surface area contributed by atoms with E-state index < -0.39 is 0 Å². The Morgan fingerprint density at radius 3 is 2.81 bits per heavy atom. The molecule has 0 atom stereocenters. The molecule has 0 saturated heterocycles. The normalized spacial score (nSPS) is 13.4. The largest absolute Gasteiger partial charge is 0.467 e. The molecule has 0 fully saturated rings. The van der Waals surface area contributed by atoms with Crippen LogP contribution in [0.25, 0.3) is 0 Å². The van der Waals surface area contributed by atoms with Crippen molar-refractivity contribution < 1.29 is 13.9 Å². The first-order chi connectivity index (χ1) is 12.2. The molecular weight excluding hydrogens is 448 g/mol. The molecule has 5 nitrogen and oxygen atoms in total. The number of guanidine groups is 1. The van der Waals surface area contributed by atoms with Gasteiger partial charge in [0.2, 0.25) is 0 Å².